The summed E-state index contributed by atoms with van der Waals surface area (Å²) < 4.78 is 22.3. The normalized spacial score (nSPS) is 31.7. The maximum atomic E-state index is 11.5. The van der Waals surface area contributed by atoms with Crippen LogP contribution < -0.4 is 4.74 Å². The molecule has 1 heterocycles. The second-order valence-corrected chi connectivity index (χ2v) is 9.30. The lowest BCUT2D eigenvalue weighted by Crippen LogP contribution is -2.60. The molecule has 196 valence electrons. The van der Waals surface area contributed by atoms with Gasteiger partial charge in [-0.05, 0) is 62.3 Å². The summed E-state index contributed by atoms with van der Waals surface area (Å²) in [6.07, 6.45) is -0.507. The number of hydrogen-bond acceptors (Lipinski definition) is 9. The summed E-state index contributed by atoms with van der Waals surface area (Å²) in [6.45, 7) is 3.71. The van der Waals surface area contributed by atoms with Crippen LogP contribution in [-0.4, -0.2) is 83.0 Å². The van der Waals surface area contributed by atoms with Crippen molar-refractivity contribution in [3.05, 3.63) is 41.5 Å². The molecule has 9 nitrogen and oxygen atoms in total. The molecule has 1 aliphatic heterocycles. The number of ether oxygens (including phenoxy) is 4. The van der Waals surface area contributed by atoms with E-state index in [0.717, 1.165) is 43.2 Å². The maximum Gasteiger partial charge on any atom is 0.330 e. The molecule has 0 unspecified atom stereocenters. The zero-order valence-corrected chi connectivity index (χ0v) is 20.4. The van der Waals surface area contributed by atoms with Gasteiger partial charge in [-0.25, -0.2) is 4.79 Å². The fourth-order valence-corrected chi connectivity index (χ4v) is 4.59. The van der Waals surface area contributed by atoms with Gasteiger partial charge in [0.2, 0.25) is 0 Å². The lowest BCUT2D eigenvalue weighted by atomic mass is 9.82. The van der Waals surface area contributed by atoms with Crippen LogP contribution >= 0.6 is 0 Å². The number of carbonyl (C=O) groups excluding carboxylic acids is 1. The van der Waals surface area contributed by atoms with Crippen LogP contribution in [0.25, 0.3) is 0 Å². The molecule has 1 saturated carbocycles. The average molecular weight is 495 g/mol. The van der Waals surface area contributed by atoms with Crippen molar-refractivity contribution in [3.8, 4) is 5.75 Å². The van der Waals surface area contributed by atoms with E-state index in [1.165, 1.54) is 6.08 Å². The fraction of sp³-hybridized carbons (Fsp3) is 0.654. The Morgan fingerprint density at radius 1 is 1.09 bits per heavy atom. The van der Waals surface area contributed by atoms with Gasteiger partial charge in [0.25, 0.3) is 0 Å². The SMILES string of the molecule is CCOC(=O)/C=C(\C)COc1ccc(C[C@@H]2CCCC[C@@H]2O[C@@H]2O[C@H](CO)[C@@H](O)[C@H](O)[C@H]2O)cc1. The Morgan fingerprint density at radius 3 is 2.49 bits per heavy atom. The third-order valence-electron chi connectivity index (χ3n) is 6.54. The molecule has 0 aromatic heterocycles. The van der Waals surface area contributed by atoms with Crippen LogP contribution in [0.3, 0.4) is 0 Å². The average Bonchev–Trinajstić information content (AvgIpc) is 2.85. The molecule has 9 heteroatoms. The minimum atomic E-state index is -1.45. The third-order valence-corrected chi connectivity index (χ3v) is 6.54. The van der Waals surface area contributed by atoms with Crippen molar-refractivity contribution < 1.29 is 44.2 Å². The number of benzene rings is 1. The maximum absolute atomic E-state index is 11.5. The van der Waals surface area contributed by atoms with Gasteiger partial charge in [0.1, 0.15) is 36.8 Å². The number of esters is 1. The van der Waals surface area contributed by atoms with Crippen molar-refractivity contribution >= 4 is 5.97 Å². The van der Waals surface area contributed by atoms with E-state index in [2.05, 4.69) is 0 Å². The molecule has 0 radical (unpaired) electrons. The van der Waals surface area contributed by atoms with Crippen molar-refractivity contribution in [1.29, 1.82) is 0 Å². The van der Waals surface area contributed by atoms with Crippen molar-refractivity contribution in [2.75, 3.05) is 19.8 Å². The molecule has 1 aromatic rings. The number of aliphatic hydroxyl groups excluding tert-OH is 4. The predicted molar refractivity (Wildman–Crippen MR) is 127 cm³/mol. The van der Waals surface area contributed by atoms with E-state index in [1.54, 1.807) is 6.92 Å². The van der Waals surface area contributed by atoms with Crippen LogP contribution in [0.2, 0.25) is 0 Å². The molecule has 1 aliphatic carbocycles. The van der Waals surface area contributed by atoms with E-state index in [-0.39, 0.29) is 24.6 Å². The summed E-state index contributed by atoms with van der Waals surface area (Å²) in [7, 11) is 0. The van der Waals surface area contributed by atoms with Gasteiger partial charge in [0.15, 0.2) is 6.29 Å². The Kier molecular flexibility index (Phi) is 10.5. The highest BCUT2D eigenvalue weighted by molar-refractivity contribution is 5.82. The van der Waals surface area contributed by atoms with Gasteiger partial charge in [-0.3, -0.25) is 0 Å². The van der Waals surface area contributed by atoms with E-state index >= 15 is 0 Å². The molecule has 1 aromatic carbocycles. The quantitative estimate of drug-likeness (QED) is 0.282. The van der Waals surface area contributed by atoms with Gasteiger partial charge in [-0.2, -0.15) is 0 Å². The Labute approximate surface area is 206 Å². The van der Waals surface area contributed by atoms with Crippen molar-refractivity contribution in [3.63, 3.8) is 0 Å². The lowest BCUT2D eigenvalue weighted by molar-refractivity contribution is -0.316. The Morgan fingerprint density at radius 2 is 1.80 bits per heavy atom. The smallest absolute Gasteiger partial charge is 0.330 e. The van der Waals surface area contributed by atoms with E-state index in [0.29, 0.717) is 12.4 Å². The fourth-order valence-electron chi connectivity index (χ4n) is 4.59. The largest absolute Gasteiger partial charge is 0.489 e. The van der Waals surface area contributed by atoms with E-state index in [4.69, 9.17) is 18.9 Å². The highest BCUT2D eigenvalue weighted by atomic mass is 16.7. The standard InChI is InChI=1S/C26H38O9/c1-3-32-22(28)12-16(2)15-33-19-10-8-17(9-11-19)13-18-6-4-5-7-20(18)34-26-25(31)24(30)23(29)21(14-27)35-26/h8-12,18,20-21,23-27,29-31H,3-7,13-15H2,1-2H3/b16-12+/t18-,20-,21+,23+,24-,25+,26+/m0/s1. The van der Waals surface area contributed by atoms with Gasteiger partial charge in [-0.1, -0.05) is 25.0 Å². The van der Waals surface area contributed by atoms with Crippen molar-refractivity contribution in [2.45, 2.75) is 82.8 Å². The summed E-state index contributed by atoms with van der Waals surface area (Å²) in [6, 6.07) is 7.78. The first kappa shape index (κ1) is 27.6. The summed E-state index contributed by atoms with van der Waals surface area (Å²) in [5.74, 6) is 0.512. The number of carbonyl (C=O) groups is 1. The minimum absolute atomic E-state index is 0.184. The van der Waals surface area contributed by atoms with Gasteiger partial charge in [-0.15, -0.1) is 0 Å². The molecule has 3 rings (SSSR count). The van der Waals surface area contributed by atoms with Crippen LogP contribution in [0, 0.1) is 5.92 Å². The first-order valence-corrected chi connectivity index (χ1v) is 12.3. The molecule has 1 saturated heterocycles. The van der Waals surface area contributed by atoms with Gasteiger partial charge in [0.05, 0.1) is 19.3 Å². The molecule has 7 atom stereocenters. The minimum Gasteiger partial charge on any atom is -0.489 e. The lowest BCUT2D eigenvalue weighted by Gasteiger charge is -2.42. The van der Waals surface area contributed by atoms with Crippen LogP contribution in [0.4, 0.5) is 0 Å². The predicted octanol–water partition coefficient (Wildman–Crippen LogP) is 1.49. The Bertz CT molecular complexity index is 823. The molecule has 35 heavy (non-hydrogen) atoms. The van der Waals surface area contributed by atoms with Crippen molar-refractivity contribution in [2.24, 2.45) is 5.92 Å². The zero-order chi connectivity index (χ0) is 25.4. The monoisotopic (exact) mass is 494 g/mol. The zero-order valence-electron chi connectivity index (χ0n) is 20.4. The number of aliphatic hydroxyl groups is 4. The van der Waals surface area contributed by atoms with Crippen LogP contribution in [0.5, 0.6) is 5.75 Å². The molecule has 0 amide bonds. The van der Waals surface area contributed by atoms with Gasteiger partial charge in [0, 0.05) is 6.08 Å². The molecular weight excluding hydrogens is 456 g/mol. The van der Waals surface area contributed by atoms with E-state index < -0.39 is 37.3 Å². The summed E-state index contributed by atoms with van der Waals surface area (Å²) in [5, 5.41) is 39.8. The Balaban J connectivity index is 1.56. The van der Waals surface area contributed by atoms with Crippen LogP contribution in [0.15, 0.2) is 35.9 Å². The van der Waals surface area contributed by atoms with Crippen molar-refractivity contribution in [1.82, 2.24) is 0 Å². The summed E-state index contributed by atoms with van der Waals surface area (Å²) in [5.41, 5.74) is 1.88. The van der Waals surface area contributed by atoms with E-state index in [9.17, 15) is 25.2 Å². The Hall–Kier alpha value is -2.01. The first-order valence-electron chi connectivity index (χ1n) is 12.3. The number of rotatable bonds is 10. The highest BCUT2D eigenvalue weighted by Gasteiger charge is 2.45. The second-order valence-electron chi connectivity index (χ2n) is 9.30. The third kappa shape index (κ3) is 7.73. The number of hydrogen-bond donors (Lipinski definition) is 4. The first-order chi connectivity index (χ1) is 16.8. The summed E-state index contributed by atoms with van der Waals surface area (Å²) >= 11 is 0. The second kappa shape index (κ2) is 13.3. The van der Waals surface area contributed by atoms with Gasteiger partial charge < -0.3 is 39.4 Å². The summed E-state index contributed by atoms with van der Waals surface area (Å²) in [4.78, 5) is 11.5. The topological polar surface area (TPSA) is 135 Å². The molecule has 4 N–H and O–H groups in total. The van der Waals surface area contributed by atoms with Crippen LogP contribution in [0.1, 0.15) is 45.1 Å². The molecule has 2 aliphatic rings. The highest BCUT2D eigenvalue weighted by Crippen LogP contribution is 2.33. The van der Waals surface area contributed by atoms with E-state index in [1.807, 2.05) is 31.2 Å². The molecular formula is C26H38O9. The molecule has 0 bridgehead atoms. The van der Waals surface area contributed by atoms with Gasteiger partial charge >= 0.3 is 5.97 Å². The van der Waals surface area contributed by atoms with Crippen LogP contribution in [-0.2, 0) is 25.4 Å². The molecule has 2 fully saturated rings. The molecule has 0 spiro atoms.